The maximum Gasteiger partial charge on any atom is 0.447 e. The Balaban J connectivity index is 1.97. The molecule has 2 aromatic carbocycles. The molecular formula is C22H19N3O3S. The number of esters is 1. The number of hydrogen-bond acceptors (Lipinski definition) is 5. The van der Waals surface area contributed by atoms with Crippen molar-refractivity contribution in [1.82, 2.24) is 0 Å². The van der Waals surface area contributed by atoms with Gasteiger partial charge in [0.25, 0.3) is 5.78 Å². The van der Waals surface area contributed by atoms with Gasteiger partial charge < -0.3 is 15.6 Å². The van der Waals surface area contributed by atoms with Gasteiger partial charge in [0.1, 0.15) is 4.88 Å². The first-order valence-electron chi connectivity index (χ1n) is 9.05. The number of ketones is 1. The lowest BCUT2D eigenvalue weighted by Crippen LogP contribution is -2.27. The van der Waals surface area contributed by atoms with Gasteiger partial charge in [-0.15, -0.1) is 11.3 Å². The zero-order valence-corrected chi connectivity index (χ0v) is 16.6. The number of nitrogens with one attached hydrogen (secondary N) is 1. The van der Waals surface area contributed by atoms with E-state index in [1.165, 1.54) is 11.3 Å². The van der Waals surface area contributed by atoms with E-state index in [9.17, 15) is 15.1 Å². The van der Waals surface area contributed by atoms with Crippen LogP contribution < -0.4 is 5.32 Å². The molecule has 0 aliphatic rings. The van der Waals surface area contributed by atoms with Crippen LogP contribution in [0.4, 0.5) is 5.69 Å². The van der Waals surface area contributed by atoms with Crippen LogP contribution in [0.15, 0.2) is 66.7 Å². The summed E-state index contributed by atoms with van der Waals surface area (Å²) in [5.41, 5.74) is 11.1. The third-order valence-corrected chi connectivity index (χ3v) is 5.29. The highest BCUT2D eigenvalue weighted by molar-refractivity contribution is 7.19. The van der Waals surface area contributed by atoms with E-state index in [1.807, 2.05) is 66.7 Å². The summed E-state index contributed by atoms with van der Waals surface area (Å²) in [6.45, 7) is 2.18. The SMILES string of the molecule is CCOC(=O)C(=[N+]=[N-])C(=O)c1sc(-c2ccccc2)cc1NCc1ccccc1. The van der Waals surface area contributed by atoms with Gasteiger partial charge in [0.05, 0.1) is 12.3 Å². The average molecular weight is 405 g/mol. The standard InChI is InChI=1S/C22H19N3O3S/c1-2-28-22(27)19(25-23)20(26)21-17(24-14-15-9-5-3-6-10-15)13-18(29-21)16-11-7-4-8-12-16/h3-13,24H,2,14H2,1H3. The van der Waals surface area contributed by atoms with Gasteiger partial charge in [-0.05, 0) is 24.1 Å². The van der Waals surface area contributed by atoms with E-state index in [0.717, 1.165) is 16.0 Å². The van der Waals surface area contributed by atoms with E-state index < -0.39 is 17.5 Å². The largest absolute Gasteiger partial charge is 0.457 e. The maximum atomic E-state index is 12.9. The zero-order valence-electron chi connectivity index (χ0n) is 15.8. The van der Waals surface area contributed by atoms with Gasteiger partial charge in [0, 0.05) is 11.4 Å². The lowest BCUT2D eigenvalue weighted by molar-refractivity contribution is -0.139. The van der Waals surface area contributed by atoms with Gasteiger partial charge >= 0.3 is 11.7 Å². The molecule has 7 heteroatoms. The molecule has 1 aromatic heterocycles. The molecule has 0 unspecified atom stereocenters. The molecule has 0 saturated heterocycles. The smallest absolute Gasteiger partial charge is 0.447 e. The summed E-state index contributed by atoms with van der Waals surface area (Å²) in [6, 6.07) is 21.2. The molecule has 0 spiro atoms. The summed E-state index contributed by atoms with van der Waals surface area (Å²) >= 11 is 1.22. The van der Waals surface area contributed by atoms with E-state index in [0.29, 0.717) is 12.2 Å². The van der Waals surface area contributed by atoms with Crippen molar-refractivity contribution in [3.05, 3.63) is 82.7 Å². The Morgan fingerprint density at radius 1 is 1.07 bits per heavy atom. The Morgan fingerprint density at radius 2 is 1.72 bits per heavy atom. The van der Waals surface area contributed by atoms with E-state index in [-0.39, 0.29) is 11.5 Å². The van der Waals surface area contributed by atoms with Crippen LogP contribution in [0.5, 0.6) is 0 Å². The van der Waals surface area contributed by atoms with Crippen molar-refractivity contribution >= 4 is 34.5 Å². The molecule has 0 amide bonds. The monoisotopic (exact) mass is 405 g/mol. The van der Waals surface area contributed by atoms with Gasteiger partial charge in [-0.25, -0.2) is 4.79 Å². The zero-order chi connectivity index (χ0) is 20.6. The first-order valence-corrected chi connectivity index (χ1v) is 9.86. The average Bonchev–Trinajstić information content (AvgIpc) is 3.18. The predicted molar refractivity (Wildman–Crippen MR) is 113 cm³/mol. The molecule has 3 aromatic rings. The van der Waals surface area contributed by atoms with Crippen molar-refractivity contribution in [2.45, 2.75) is 13.5 Å². The van der Waals surface area contributed by atoms with Gasteiger partial charge in [-0.1, -0.05) is 60.7 Å². The summed E-state index contributed by atoms with van der Waals surface area (Å²) in [5.74, 6) is -1.64. The van der Waals surface area contributed by atoms with Crippen LogP contribution in [-0.4, -0.2) is 28.9 Å². The predicted octanol–water partition coefficient (Wildman–Crippen LogP) is 4.44. The number of benzene rings is 2. The van der Waals surface area contributed by atoms with Crippen molar-refractivity contribution in [3.63, 3.8) is 0 Å². The molecule has 29 heavy (non-hydrogen) atoms. The van der Waals surface area contributed by atoms with E-state index in [2.05, 4.69) is 10.1 Å². The van der Waals surface area contributed by atoms with Gasteiger partial charge in [-0.3, -0.25) is 4.79 Å². The fourth-order valence-corrected chi connectivity index (χ4v) is 3.80. The fourth-order valence-electron chi connectivity index (χ4n) is 2.71. The quantitative estimate of drug-likeness (QED) is 0.150. The number of rotatable bonds is 8. The number of hydrogen-bond donors (Lipinski definition) is 1. The minimum absolute atomic E-state index is 0.0734. The second-order valence-electron chi connectivity index (χ2n) is 6.06. The maximum absolute atomic E-state index is 12.9. The Kier molecular flexibility index (Phi) is 6.68. The Morgan fingerprint density at radius 3 is 2.34 bits per heavy atom. The van der Waals surface area contributed by atoms with Crippen molar-refractivity contribution in [3.8, 4) is 10.4 Å². The van der Waals surface area contributed by atoms with Crippen LogP contribution >= 0.6 is 11.3 Å². The van der Waals surface area contributed by atoms with Crippen LogP contribution in [-0.2, 0) is 16.1 Å². The highest BCUT2D eigenvalue weighted by atomic mass is 32.1. The first kappa shape index (κ1) is 20.2. The van der Waals surface area contributed by atoms with Crippen LogP contribution in [0.1, 0.15) is 22.2 Å². The molecule has 146 valence electrons. The molecule has 0 fully saturated rings. The molecule has 1 N–H and O–H groups in total. The normalized spacial score (nSPS) is 10.1. The van der Waals surface area contributed by atoms with Gasteiger partial charge in [-0.2, -0.15) is 4.79 Å². The lowest BCUT2D eigenvalue weighted by atomic mass is 10.1. The van der Waals surface area contributed by atoms with E-state index in [4.69, 9.17) is 4.74 Å². The number of thiophene rings is 1. The molecule has 0 aliphatic carbocycles. The summed E-state index contributed by atoms with van der Waals surface area (Å²) in [5, 5.41) is 3.25. The van der Waals surface area contributed by atoms with Crippen molar-refractivity contribution in [1.29, 1.82) is 0 Å². The molecule has 6 nitrogen and oxygen atoms in total. The number of carbonyl (C=O) groups excluding carboxylic acids is 2. The van der Waals surface area contributed by atoms with Crippen molar-refractivity contribution in [2.24, 2.45) is 0 Å². The second-order valence-corrected chi connectivity index (χ2v) is 7.11. The fraction of sp³-hybridized carbons (Fsp3) is 0.136. The number of carbonyl (C=O) groups is 2. The number of anilines is 1. The number of Topliss-reactive ketones (excluding diaryl/α,β-unsaturated/α-hetero) is 1. The minimum Gasteiger partial charge on any atom is -0.457 e. The minimum atomic E-state index is -0.955. The molecule has 0 atom stereocenters. The number of nitrogens with zero attached hydrogens (tertiary/aromatic N) is 2. The topological polar surface area (TPSA) is 91.8 Å². The third-order valence-electron chi connectivity index (χ3n) is 4.11. The Labute approximate surface area is 172 Å². The summed E-state index contributed by atoms with van der Waals surface area (Å²) in [4.78, 5) is 29.0. The van der Waals surface area contributed by atoms with E-state index >= 15 is 0 Å². The molecular weight excluding hydrogens is 386 g/mol. The first-order chi connectivity index (χ1) is 14.1. The molecule has 0 bridgehead atoms. The molecule has 0 saturated carbocycles. The third kappa shape index (κ3) is 4.85. The lowest BCUT2D eigenvalue weighted by Gasteiger charge is -2.06. The van der Waals surface area contributed by atoms with Gasteiger partial charge in [0.2, 0.25) is 0 Å². The molecule has 0 aliphatic heterocycles. The summed E-state index contributed by atoms with van der Waals surface area (Å²) < 4.78 is 4.83. The van der Waals surface area contributed by atoms with Crippen molar-refractivity contribution < 1.29 is 19.1 Å². The highest BCUT2D eigenvalue weighted by Crippen LogP contribution is 2.35. The molecule has 0 radical (unpaired) electrons. The highest BCUT2D eigenvalue weighted by Gasteiger charge is 2.35. The Bertz CT molecular complexity index is 1060. The molecule has 3 rings (SSSR count). The van der Waals surface area contributed by atoms with Crippen LogP contribution in [0.3, 0.4) is 0 Å². The Hall–Kier alpha value is -3.54. The second kappa shape index (κ2) is 9.59. The van der Waals surface area contributed by atoms with E-state index in [1.54, 1.807) is 6.92 Å². The number of ether oxygens (including phenoxy) is 1. The summed E-state index contributed by atoms with van der Waals surface area (Å²) in [6.07, 6.45) is 0. The van der Waals surface area contributed by atoms with Crippen molar-refractivity contribution in [2.75, 3.05) is 11.9 Å². The molecule has 1 heterocycles. The van der Waals surface area contributed by atoms with Crippen LogP contribution in [0.2, 0.25) is 0 Å². The summed E-state index contributed by atoms with van der Waals surface area (Å²) in [7, 11) is 0. The van der Waals surface area contributed by atoms with Crippen LogP contribution in [0.25, 0.3) is 16.0 Å². The van der Waals surface area contributed by atoms with Crippen LogP contribution in [0, 0.1) is 0 Å². The van der Waals surface area contributed by atoms with Gasteiger partial charge in [0.15, 0.2) is 0 Å².